The van der Waals surface area contributed by atoms with Gasteiger partial charge in [0.15, 0.2) is 6.61 Å². The second kappa shape index (κ2) is 9.03. The van der Waals surface area contributed by atoms with Gasteiger partial charge in [0.2, 0.25) is 0 Å². The molecule has 124 valence electrons. The predicted molar refractivity (Wildman–Crippen MR) is 101 cm³/mol. The number of nitrogens with zero attached hydrogens (tertiary/aromatic N) is 1. The fraction of sp³-hybridized carbons (Fsp3) is 0.158. The summed E-state index contributed by atoms with van der Waals surface area (Å²) in [6.07, 6.45) is 5.19. The summed E-state index contributed by atoms with van der Waals surface area (Å²) in [4.78, 5) is 11.7. The third-order valence-corrected chi connectivity index (χ3v) is 3.75. The molecule has 0 fully saturated rings. The first-order chi connectivity index (χ1) is 11.6. The second-order valence-corrected chi connectivity index (χ2v) is 6.12. The molecule has 0 aliphatic rings. The lowest BCUT2D eigenvalue weighted by Gasteiger charge is -2.11. The average Bonchev–Trinajstić information content (AvgIpc) is 2.54. The number of halogens is 1. The number of benzene rings is 2. The van der Waals surface area contributed by atoms with Crippen LogP contribution in [0, 0.1) is 13.8 Å². The van der Waals surface area contributed by atoms with E-state index in [1.54, 1.807) is 6.08 Å². The Labute approximate surface area is 150 Å². The van der Waals surface area contributed by atoms with Crippen molar-refractivity contribution in [3.63, 3.8) is 0 Å². The van der Waals surface area contributed by atoms with Crippen LogP contribution in [-0.2, 0) is 4.79 Å². The molecule has 1 N–H and O–H groups in total. The lowest BCUT2D eigenvalue weighted by atomic mass is 10.1. The summed E-state index contributed by atoms with van der Waals surface area (Å²) in [5, 5.41) is 3.85. The molecular weight excluding hydrogens is 368 g/mol. The molecule has 0 aliphatic heterocycles. The fourth-order valence-corrected chi connectivity index (χ4v) is 2.91. The standard InChI is InChI=1S/C19H19BrN2O2/c1-14-11-15(2)19(17(20)12-14)24-13-18(23)22-21-10-6-9-16-7-4-3-5-8-16/h3-12H,13H2,1-2H3,(H,22,23). The molecule has 0 bridgehead atoms. The molecule has 0 heterocycles. The van der Waals surface area contributed by atoms with E-state index in [0.717, 1.165) is 21.2 Å². The highest BCUT2D eigenvalue weighted by molar-refractivity contribution is 9.10. The lowest BCUT2D eigenvalue weighted by Crippen LogP contribution is -2.24. The number of carbonyl (C=O) groups excluding carboxylic acids is 1. The summed E-state index contributed by atoms with van der Waals surface area (Å²) < 4.78 is 6.40. The molecule has 0 saturated heterocycles. The molecular formula is C19H19BrN2O2. The minimum Gasteiger partial charge on any atom is -0.482 e. The summed E-state index contributed by atoms with van der Waals surface area (Å²) in [5.41, 5.74) is 5.60. The largest absolute Gasteiger partial charge is 0.482 e. The highest BCUT2D eigenvalue weighted by Crippen LogP contribution is 2.29. The SMILES string of the molecule is Cc1cc(C)c(OCC(=O)NN=CC=Cc2ccccc2)c(Br)c1. The van der Waals surface area contributed by atoms with E-state index in [1.807, 2.05) is 62.4 Å². The Morgan fingerprint density at radius 3 is 2.71 bits per heavy atom. The van der Waals surface area contributed by atoms with Gasteiger partial charge in [-0.05, 0) is 58.6 Å². The van der Waals surface area contributed by atoms with Crippen molar-refractivity contribution in [1.29, 1.82) is 0 Å². The summed E-state index contributed by atoms with van der Waals surface area (Å²) in [6, 6.07) is 13.8. The summed E-state index contributed by atoms with van der Waals surface area (Å²) in [5.74, 6) is 0.356. The first kappa shape index (κ1) is 17.9. The zero-order chi connectivity index (χ0) is 17.4. The molecule has 2 aromatic carbocycles. The number of aryl methyl sites for hydroxylation is 2. The van der Waals surface area contributed by atoms with E-state index in [2.05, 4.69) is 26.5 Å². The molecule has 0 unspecified atom stereocenters. The number of hydrazone groups is 1. The molecule has 0 atom stereocenters. The van der Waals surface area contributed by atoms with Crippen LogP contribution in [-0.4, -0.2) is 18.7 Å². The minimum absolute atomic E-state index is 0.0950. The maximum Gasteiger partial charge on any atom is 0.277 e. The van der Waals surface area contributed by atoms with E-state index in [9.17, 15) is 4.79 Å². The molecule has 24 heavy (non-hydrogen) atoms. The van der Waals surface area contributed by atoms with Crippen molar-refractivity contribution in [2.24, 2.45) is 5.10 Å². The van der Waals surface area contributed by atoms with Gasteiger partial charge in [-0.25, -0.2) is 5.43 Å². The Balaban J connectivity index is 1.80. The van der Waals surface area contributed by atoms with Gasteiger partial charge in [-0.15, -0.1) is 0 Å². The first-order valence-electron chi connectivity index (χ1n) is 7.49. The molecule has 1 amide bonds. The Morgan fingerprint density at radius 2 is 2.00 bits per heavy atom. The van der Waals surface area contributed by atoms with Crippen LogP contribution in [0.2, 0.25) is 0 Å². The smallest absolute Gasteiger partial charge is 0.277 e. The van der Waals surface area contributed by atoms with Crippen LogP contribution in [0.1, 0.15) is 16.7 Å². The topological polar surface area (TPSA) is 50.7 Å². The van der Waals surface area contributed by atoms with Crippen molar-refractivity contribution in [3.8, 4) is 5.75 Å². The van der Waals surface area contributed by atoms with Gasteiger partial charge >= 0.3 is 0 Å². The normalized spacial score (nSPS) is 11.1. The number of carbonyl (C=O) groups is 1. The van der Waals surface area contributed by atoms with Crippen molar-refractivity contribution < 1.29 is 9.53 Å². The van der Waals surface area contributed by atoms with Gasteiger partial charge in [0.05, 0.1) is 4.47 Å². The van der Waals surface area contributed by atoms with Crippen molar-refractivity contribution in [2.45, 2.75) is 13.8 Å². The summed E-state index contributed by atoms with van der Waals surface area (Å²) in [7, 11) is 0. The number of rotatable bonds is 6. The van der Waals surface area contributed by atoms with Gasteiger partial charge < -0.3 is 4.74 Å². The van der Waals surface area contributed by atoms with Gasteiger partial charge in [-0.2, -0.15) is 5.10 Å². The van der Waals surface area contributed by atoms with Crippen molar-refractivity contribution in [1.82, 2.24) is 5.43 Å². The molecule has 2 rings (SSSR count). The minimum atomic E-state index is -0.314. The Morgan fingerprint density at radius 1 is 1.25 bits per heavy atom. The van der Waals surface area contributed by atoms with E-state index in [1.165, 1.54) is 6.21 Å². The second-order valence-electron chi connectivity index (χ2n) is 5.26. The Hall–Kier alpha value is -2.40. The van der Waals surface area contributed by atoms with Crippen LogP contribution >= 0.6 is 15.9 Å². The van der Waals surface area contributed by atoms with Crippen LogP contribution in [0.25, 0.3) is 6.08 Å². The van der Waals surface area contributed by atoms with Crippen LogP contribution in [0.5, 0.6) is 5.75 Å². The van der Waals surface area contributed by atoms with Crippen molar-refractivity contribution >= 4 is 34.1 Å². The third kappa shape index (κ3) is 5.66. The molecule has 4 nitrogen and oxygen atoms in total. The number of amides is 1. The predicted octanol–water partition coefficient (Wildman–Crippen LogP) is 4.26. The molecule has 0 saturated carbocycles. The van der Waals surface area contributed by atoms with Crippen molar-refractivity contribution in [2.75, 3.05) is 6.61 Å². The first-order valence-corrected chi connectivity index (χ1v) is 8.28. The van der Waals surface area contributed by atoms with Gasteiger partial charge in [0.25, 0.3) is 5.91 Å². The highest BCUT2D eigenvalue weighted by Gasteiger charge is 2.08. The fourth-order valence-electron chi connectivity index (χ4n) is 2.13. The molecule has 0 radical (unpaired) electrons. The Bertz CT molecular complexity index is 732. The zero-order valence-electron chi connectivity index (χ0n) is 13.6. The van der Waals surface area contributed by atoms with Crippen LogP contribution in [0.3, 0.4) is 0 Å². The summed E-state index contributed by atoms with van der Waals surface area (Å²) in [6.45, 7) is 3.85. The van der Waals surface area contributed by atoms with Gasteiger partial charge in [0.1, 0.15) is 5.75 Å². The Kier molecular flexibility index (Phi) is 6.75. The van der Waals surface area contributed by atoms with Gasteiger partial charge in [-0.3, -0.25) is 4.79 Å². The van der Waals surface area contributed by atoms with E-state index < -0.39 is 0 Å². The van der Waals surface area contributed by atoms with Crippen LogP contribution in [0.4, 0.5) is 0 Å². The van der Waals surface area contributed by atoms with E-state index >= 15 is 0 Å². The lowest BCUT2D eigenvalue weighted by molar-refractivity contribution is -0.123. The number of ether oxygens (including phenoxy) is 1. The van der Waals surface area contributed by atoms with E-state index in [4.69, 9.17) is 4.74 Å². The van der Waals surface area contributed by atoms with Crippen LogP contribution in [0.15, 0.2) is 58.1 Å². The quantitative estimate of drug-likeness (QED) is 0.595. The molecule has 0 aliphatic carbocycles. The molecule has 0 spiro atoms. The van der Waals surface area contributed by atoms with Crippen molar-refractivity contribution in [3.05, 3.63) is 69.7 Å². The van der Waals surface area contributed by atoms with Crippen LogP contribution < -0.4 is 10.2 Å². The molecule has 0 aromatic heterocycles. The molecule has 2 aromatic rings. The zero-order valence-corrected chi connectivity index (χ0v) is 15.2. The number of allylic oxidation sites excluding steroid dienone is 1. The highest BCUT2D eigenvalue weighted by atomic mass is 79.9. The monoisotopic (exact) mass is 386 g/mol. The van der Waals surface area contributed by atoms with Gasteiger partial charge in [-0.1, -0.05) is 42.5 Å². The summed E-state index contributed by atoms with van der Waals surface area (Å²) >= 11 is 3.45. The third-order valence-electron chi connectivity index (χ3n) is 3.16. The number of hydrogen-bond donors (Lipinski definition) is 1. The van der Waals surface area contributed by atoms with Gasteiger partial charge in [0, 0.05) is 6.21 Å². The average molecular weight is 387 g/mol. The number of nitrogens with one attached hydrogen (secondary N) is 1. The van der Waals surface area contributed by atoms with E-state index in [0.29, 0.717) is 5.75 Å². The number of hydrogen-bond acceptors (Lipinski definition) is 3. The maximum absolute atomic E-state index is 11.7. The maximum atomic E-state index is 11.7. The molecule has 5 heteroatoms. The van der Waals surface area contributed by atoms with E-state index in [-0.39, 0.29) is 12.5 Å².